The van der Waals surface area contributed by atoms with E-state index in [1.807, 2.05) is 20.8 Å². The van der Waals surface area contributed by atoms with Crippen molar-refractivity contribution in [2.75, 3.05) is 6.61 Å². The van der Waals surface area contributed by atoms with Gasteiger partial charge < -0.3 is 113 Å². The molecule has 0 aliphatic carbocycles. The van der Waals surface area contributed by atoms with Crippen molar-refractivity contribution in [2.45, 2.75) is 363 Å². The topological polar surface area (TPSA) is 661 Å². The number of hydrogen-bond acceptors (Lipinski definition) is 22. The molecule has 17 amide bonds. The van der Waals surface area contributed by atoms with Crippen LogP contribution in [0.4, 0.5) is 0 Å². The highest BCUT2D eigenvalue weighted by Gasteiger charge is 2.40. The van der Waals surface area contributed by atoms with Gasteiger partial charge in [-0.2, -0.15) is 0 Å². The Morgan fingerprint density at radius 2 is 0.581 bits per heavy atom. The third kappa shape index (κ3) is 49.4. The number of carboxylic acid groups (broad SMARTS) is 1. The molecule has 0 saturated carbocycles. The molecule has 0 radical (unpaired) electrons. The Kier molecular flexibility index (Phi) is 55.5. The number of hydrogen-bond donors (Lipinski definition) is 20. The van der Waals surface area contributed by atoms with E-state index in [1.165, 1.54) is 27.7 Å². The molecule has 25 N–H and O–H groups in total. The Labute approximate surface area is 730 Å². The number of nitrogens with one attached hydrogen (secondary N) is 13. The van der Waals surface area contributed by atoms with E-state index in [9.17, 15) is 101 Å². The number of aliphatic hydroxyl groups excluding tert-OH is 1. The lowest BCUT2D eigenvalue weighted by molar-refractivity contribution is -0.148. The molecule has 0 fully saturated rings. The van der Waals surface area contributed by atoms with Gasteiger partial charge in [0.15, 0.2) is 0 Å². The Morgan fingerprint density at radius 3 is 0.895 bits per heavy atom. The van der Waals surface area contributed by atoms with Gasteiger partial charge in [0.2, 0.25) is 100 Å². The molecular weight excluding hydrogens is 1610 g/mol. The van der Waals surface area contributed by atoms with Crippen LogP contribution in [-0.2, 0) is 95.8 Å². The van der Waals surface area contributed by atoms with Gasteiger partial charge in [0.1, 0.15) is 91.4 Å². The number of aliphatic carboxylic acids is 1. The SMILES string of the molecule is CCCCCCCCCC(=O)N[C@@H](CC(C)C)C(=O)N[C@H](CCC(=O)O)C(=O)N[C@H](CCC(N)=O)C(=O)N[C@@H](C(=O)N[C@H](CC(C)C)C(=O)N[C@H](CCC(N)=O)C(=O)N[C@H](COC(=O)C[C@@H](C)CC)C(=O)N[C@@H](C(=O)N[C@H](CC(C)C)C(=O)N[C@H](CCC(N)O)C(=O)N[C@@H](CC(C)C)C(=O)N[C@@H](CC(C)C)C(=O)N[C@H](CCC(N)=O)C(N)=O)C(C)C)C(C)C. The summed E-state index contributed by atoms with van der Waals surface area (Å²) in [5.74, 6) is -21.3. The monoisotopic (exact) mass is 1760 g/mol. The Hall–Kier alpha value is -10.1. The lowest BCUT2D eigenvalue weighted by atomic mass is 9.98. The molecule has 124 heavy (non-hydrogen) atoms. The zero-order valence-corrected chi connectivity index (χ0v) is 76.0. The first-order valence-electron chi connectivity index (χ1n) is 43.7. The molecule has 0 spiro atoms. The number of aliphatic hydroxyl groups is 1. The van der Waals surface area contributed by atoms with Gasteiger partial charge in [-0.25, -0.2) is 0 Å². The van der Waals surface area contributed by atoms with Crippen molar-refractivity contribution in [3.63, 3.8) is 0 Å². The van der Waals surface area contributed by atoms with E-state index in [0.29, 0.717) is 12.8 Å². The van der Waals surface area contributed by atoms with Crippen molar-refractivity contribution in [1.82, 2.24) is 69.1 Å². The molecule has 708 valence electrons. The maximum absolute atomic E-state index is 14.8. The molecule has 0 bridgehead atoms. The first-order valence-corrected chi connectivity index (χ1v) is 43.7. The van der Waals surface area contributed by atoms with E-state index >= 15 is 0 Å². The lowest BCUT2D eigenvalue weighted by Gasteiger charge is -2.30. The molecule has 0 aromatic carbocycles. The van der Waals surface area contributed by atoms with Crippen LogP contribution in [0.5, 0.6) is 0 Å². The maximum Gasteiger partial charge on any atom is 0.306 e. The van der Waals surface area contributed by atoms with Crippen LogP contribution < -0.4 is 97.8 Å². The summed E-state index contributed by atoms with van der Waals surface area (Å²) in [5, 5.41) is 53.3. The van der Waals surface area contributed by atoms with Crippen molar-refractivity contribution < 1.29 is 106 Å². The van der Waals surface area contributed by atoms with Crippen molar-refractivity contribution in [3.8, 4) is 0 Å². The minimum absolute atomic E-state index is 0.0206. The van der Waals surface area contributed by atoms with Crippen LogP contribution in [0.25, 0.3) is 0 Å². The van der Waals surface area contributed by atoms with Crippen LogP contribution in [-0.4, -0.2) is 214 Å². The quantitative estimate of drug-likeness (QED) is 0.0219. The van der Waals surface area contributed by atoms with Gasteiger partial charge in [-0.15, -0.1) is 0 Å². The van der Waals surface area contributed by atoms with Crippen LogP contribution in [0.3, 0.4) is 0 Å². The fourth-order valence-corrected chi connectivity index (χ4v) is 13.0. The van der Waals surface area contributed by atoms with Gasteiger partial charge in [-0.3, -0.25) is 91.1 Å². The van der Waals surface area contributed by atoms with Gasteiger partial charge >= 0.3 is 11.9 Å². The fourth-order valence-electron chi connectivity index (χ4n) is 13.0. The van der Waals surface area contributed by atoms with Crippen LogP contribution in [0.1, 0.15) is 278 Å². The third-order valence-electron chi connectivity index (χ3n) is 20.1. The molecule has 0 saturated heterocycles. The molecule has 0 heterocycles. The molecule has 0 aliphatic rings. The van der Waals surface area contributed by atoms with E-state index in [2.05, 4.69) is 76.0 Å². The van der Waals surface area contributed by atoms with E-state index < -0.39 is 260 Å². The molecule has 1 unspecified atom stereocenters. The first kappa shape index (κ1) is 114. The van der Waals surface area contributed by atoms with Gasteiger partial charge in [-0.05, 0) is 124 Å². The van der Waals surface area contributed by atoms with Gasteiger partial charge in [0.25, 0.3) is 0 Å². The van der Waals surface area contributed by atoms with Gasteiger partial charge in [0, 0.05) is 38.5 Å². The minimum Gasteiger partial charge on any atom is -0.481 e. The lowest BCUT2D eigenvalue weighted by Crippen LogP contribution is -2.62. The standard InChI is InChI=1S/C84H150N18O22/c1-18-20-21-22-23-24-25-26-67(107)90-57(37-44(3)4)77(116)95-56(31-36-68(108)109)73(112)92-55(30-35-66(88)106)76(115)101-70(49(13)14)83(122)98-61(41-48(11)12)80(119)94-54(29-34-65(87)105)75(114)100-62(43-124-69(110)42-51(17)19-2)82(121)102-71(50(15)16)84(123)99-60(40-47(9)10)79(118)93-53(28-33-64(86)104)74(113)96-59(39-46(7)8)81(120)97-58(38-45(5)6)78(117)91-52(72(89)111)27-32-63(85)103/h44-62,64,70-71,104H,18-43,86H2,1-17H3,(H2,85,103)(H2,87,105)(H2,88,106)(H2,89,111)(H,90,107)(H,91,117)(H,92,112)(H,93,118)(H,94,119)(H,95,116)(H,96,113)(H,97,120)(H,98,122)(H,99,123)(H,100,114)(H,101,115)(H,102,121)(H,108,109)/t51-,52+,53+,54+,55+,56+,57-,58-,59-,60+,61+,62+,64?,70+,71+/m0/s1. The average molecular weight is 1760 g/mol. The van der Waals surface area contributed by atoms with Crippen molar-refractivity contribution >= 4 is 112 Å². The number of carbonyl (C=O) groups is 19. The fraction of sp³-hybridized carbons (Fsp3) is 0.774. The maximum atomic E-state index is 14.8. The summed E-state index contributed by atoms with van der Waals surface area (Å²) in [5.41, 5.74) is 27.6. The number of amides is 17. The van der Waals surface area contributed by atoms with Crippen molar-refractivity contribution in [2.24, 2.45) is 76.0 Å². The molecule has 0 aliphatic heterocycles. The Morgan fingerprint density at radius 1 is 0.306 bits per heavy atom. The van der Waals surface area contributed by atoms with Crippen LogP contribution in [0, 0.1) is 47.3 Å². The molecule has 40 nitrogen and oxygen atoms in total. The number of unbranched alkanes of at least 4 members (excludes halogenated alkanes) is 6. The highest BCUT2D eigenvalue weighted by molar-refractivity contribution is 6.01. The summed E-state index contributed by atoms with van der Waals surface area (Å²) in [7, 11) is 0. The summed E-state index contributed by atoms with van der Waals surface area (Å²) in [6.45, 7) is 28.3. The summed E-state index contributed by atoms with van der Waals surface area (Å²) in [6.07, 6.45) is 1.13. The number of primary amides is 4. The normalized spacial score (nSPS) is 15.1. The van der Waals surface area contributed by atoms with Crippen LogP contribution in [0.2, 0.25) is 0 Å². The van der Waals surface area contributed by atoms with Crippen LogP contribution in [0.15, 0.2) is 0 Å². The minimum atomic E-state index is -1.89. The second kappa shape index (κ2) is 60.4. The second-order valence-corrected chi connectivity index (χ2v) is 35.1. The summed E-state index contributed by atoms with van der Waals surface area (Å²) in [4.78, 5) is 260. The number of rotatable bonds is 66. The first-order chi connectivity index (χ1) is 57.8. The van der Waals surface area contributed by atoms with E-state index in [-0.39, 0.29) is 100 Å². The van der Waals surface area contributed by atoms with Gasteiger partial charge in [0.05, 0.1) is 0 Å². The average Bonchev–Trinajstić information content (AvgIpc) is 0.814. The molecule has 0 rings (SSSR count). The highest BCUT2D eigenvalue weighted by Crippen LogP contribution is 2.19. The number of nitrogens with two attached hydrogens (primary N) is 5. The Balaban J connectivity index is 7.48. The van der Waals surface area contributed by atoms with Crippen LogP contribution >= 0.6 is 0 Å². The molecular formula is C84H150N18O22. The second-order valence-electron chi connectivity index (χ2n) is 35.1. The van der Waals surface area contributed by atoms with E-state index in [4.69, 9.17) is 33.4 Å². The third-order valence-corrected chi connectivity index (χ3v) is 20.1. The smallest absolute Gasteiger partial charge is 0.306 e. The summed E-state index contributed by atoms with van der Waals surface area (Å²) in [6, 6.07) is -19.8. The summed E-state index contributed by atoms with van der Waals surface area (Å²) >= 11 is 0. The predicted molar refractivity (Wildman–Crippen MR) is 460 cm³/mol. The zero-order chi connectivity index (χ0) is 95.0. The number of carbonyl (C=O) groups excluding carboxylic acids is 18. The molecule has 15 atom stereocenters. The molecule has 0 aromatic heterocycles. The van der Waals surface area contributed by atoms with E-state index in [1.54, 1.807) is 62.3 Å². The van der Waals surface area contributed by atoms with Crippen molar-refractivity contribution in [3.05, 3.63) is 0 Å². The highest BCUT2D eigenvalue weighted by atomic mass is 16.5. The van der Waals surface area contributed by atoms with Gasteiger partial charge in [-0.1, -0.05) is 163 Å². The number of esters is 1. The molecule has 0 aromatic rings. The number of ether oxygens (including phenoxy) is 1. The van der Waals surface area contributed by atoms with Crippen molar-refractivity contribution in [1.29, 1.82) is 0 Å². The zero-order valence-electron chi connectivity index (χ0n) is 76.0. The largest absolute Gasteiger partial charge is 0.481 e. The molecule has 40 heteroatoms. The summed E-state index contributed by atoms with van der Waals surface area (Å²) < 4.78 is 5.55. The Bertz CT molecular complexity index is 3480. The number of carboxylic acids is 1. The van der Waals surface area contributed by atoms with E-state index in [0.717, 1.165) is 38.5 Å². The predicted octanol–water partition coefficient (Wildman–Crippen LogP) is 0.155.